The molecule has 1 rings (SSSR count). The van der Waals surface area contributed by atoms with Gasteiger partial charge in [-0.1, -0.05) is 13.0 Å². The van der Waals surface area contributed by atoms with Crippen LogP contribution >= 0.6 is 11.3 Å². The first-order chi connectivity index (χ1) is 7.31. The molecule has 1 N–H and O–H groups in total. The molecule has 0 aliphatic rings. The molecule has 0 bridgehead atoms. The zero-order chi connectivity index (χ0) is 11.1. The van der Waals surface area contributed by atoms with E-state index in [1.807, 2.05) is 0 Å². The Morgan fingerprint density at radius 1 is 1.40 bits per heavy atom. The Labute approximate surface area is 95.4 Å². The number of nitrogens with one attached hydrogen (secondary N) is 1. The first-order valence-electron chi connectivity index (χ1n) is 5.14. The van der Waals surface area contributed by atoms with Crippen LogP contribution in [0, 0.1) is 0 Å². The van der Waals surface area contributed by atoms with Crippen molar-refractivity contribution in [3.8, 4) is 0 Å². The second kappa shape index (κ2) is 6.95. The monoisotopic (exact) mass is 229 g/mol. The van der Waals surface area contributed by atoms with Gasteiger partial charge in [0.1, 0.15) is 0 Å². The van der Waals surface area contributed by atoms with Gasteiger partial charge in [0.15, 0.2) is 6.29 Å². The van der Waals surface area contributed by atoms with Crippen molar-refractivity contribution in [2.75, 3.05) is 20.8 Å². The van der Waals surface area contributed by atoms with Crippen LogP contribution in [0.25, 0.3) is 0 Å². The molecule has 15 heavy (non-hydrogen) atoms. The molecular formula is C11H19NO2S. The average molecular weight is 229 g/mol. The number of ether oxygens (including phenoxy) is 2. The fourth-order valence-electron chi connectivity index (χ4n) is 1.44. The second-order valence-electron chi connectivity index (χ2n) is 3.29. The molecule has 86 valence electrons. The third-order valence-electron chi connectivity index (χ3n) is 2.35. The molecule has 0 spiro atoms. The van der Waals surface area contributed by atoms with Crippen molar-refractivity contribution in [2.24, 2.45) is 0 Å². The summed E-state index contributed by atoms with van der Waals surface area (Å²) in [5.41, 5.74) is 0. The first-order valence-corrected chi connectivity index (χ1v) is 6.02. The molecule has 1 atom stereocenters. The lowest BCUT2D eigenvalue weighted by molar-refractivity contribution is -0.0999. The smallest absolute Gasteiger partial charge is 0.169 e. The van der Waals surface area contributed by atoms with Crippen LogP contribution in [0.4, 0.5) is 0 Å². The van der Waals surface area contributed by atoms with E-state index in [1.54, 1.807) is 25.6 Å². The minimum Gasteiger partial charge on any atom is -0.355 e. The maximum atomic E-state index is 5.13. The summed E-state index contributed by atoms with van der Waals surface area (Å²) in [7, 11) is 3.31. The van der Waals surface area contributed by atoms with Crippen molar-refractivity contribution in [3.05, 3.63) is 22.4 Å². The standard InChI is InChI=1S/C11H19NO2S/c1-4-9(10-6-5-7-15-10)12-8-11(13-2)14-3/h5-7,9,11-12H,4,8H2,1-3H3. The lowest BCUT2D eigenvalue weighted by Crippen LogP contribution is -2.32. The van der Waals surface area contributed by atoms with E-state index in [9.17, 15) is 0 Å². The van der Waals surface area contributed by atoms with Gasteiger partial charge in [-0.25, -0.2) is 0 Å². The number of rotatable bonds is 7. The molecule has 1 heterocycles. The molecule has 0 aromatic carbocycles. The SMILES string of the molecule is CCC(NCC(OC)OC)c1cccs1. The van der Waals surface area contributed by atoms with E-state index in [2.05, 4.69) is 29.8 Å². The predicted molar refractivity (Wildman–Crippen MR) is 63.2 cm³/mol. The van der Waals surface area contributed by atoms with Gasteiger partial charge in [0, 0.05) is 31.7 Å². The van der Waals surface area contributed by atoms with Gasteiger partial charge in [-0.15, -0.1) is 11.3 Å². The second-order valence-corrected chi connectivity index (χ2v) is 4.26. The van der Waals surface area contributed by atoms with Crippen molar-refractivity contribution >= 4 is 11.3 Å². The molecule has 0 fully saturated rings. The van der Waals surface area contributed by atoms with Crippen LogP contribution in [0.2, 0.25) is 0 Å². The average Bonchev–Trinajstić information content (AvgIpc) is 2.78. The number of hydrogen-bond acceptors (Lipinski definition) is 4. The zero-order valence-corrected chi connectivity index (χ0v) is 10.3. The Kier molecular flexibility index (Phi) is 5.86. The van der Waals surface area contributed by atoms with Crippen molar-refractivity contribution in [1.82, 2.24) is 5.32 Å². The minimum absolute atomic E-state index is 0.168. The van der Waals surface area contributed by atoms with Crippen LogP contribution in [-0.4, -0.2) is 27.1 Å². The van der Waals surface area contributed by atoms with Crippen molar-refractivity contribution in [2.45, 2.75) is 25.7 Å². The molecule has 0 aliphatic carbocycles. The fourth-order valence-corrected chi connectivity index (χ4v) is 2.32. The van der Waals surface area contributed by atoms with Crippen LogP contribution in [0.1, 0.15) is 24.3 Å². The van der Waals surface area contributed by atoms with E-state index in [0.29, 0.717) is 12.6 Å². The highest BCUT2D eigenvalue weighted by Gasteiger charge is 2.12. The summed E-state index contributed by atoms with van der Waals surface area (Å²) in [4.78, 5) is 1.36. The fraction of sp³-hybridized carbons (Fsp3) is 0.636. The summed E-state index contributed by atoms with van der Waals surface area (Å²) in [6.45, 7) is 2.88. The lowest BCUT2D eigenvalue weighted by atomic mass is 10.2. The van der Waals surface area contributed by atoms with E-state index in [-0.39, 0.29) is 6.29 Å². The van der Waals surface area contributed by atoms with Gasteiger partial charge < -0.3 is 14.8 Å². The minimum atomic E-state index is -0.168. The molecule has 1 aromatic rings. The van der Waals surface area contributed by atoms with Crippen LogP contribution in [0.3, 0.4) is 0 Å². The van der Waals surface area contributed by atoms with Crippen molar-refractivity contribution < 1.29 is 9.47 Å². The summed E-state index contributed by atoms with van der Waals surface area (Å²) < 4.78 is 10.3. The Morgan fingerprint density at radius 2 is 2.13 bits per heavy atom. The molecule has 1 aromatic heterocycles. The highest BCUT2D eigenvalue weighted by atomic mass is 32.1. The van der Waals surface area contributed by atoms with Crippen molar-refractivity contribution in [3.63, 3.8) is 0 Å². The summed E-state index contributed by atoms with van der Waals surface area (Å²) in [6, 6.07) is 4.63. The summed E-state index contributed by atoms with van der Waals surface area (Å²) in [5, 5.41) is 5.54. The summed E-state index contributed by atoms with van der Waals surface area (Å²) in [6.07, 6.45) is 0.903. The van der Waals surface area contributed by atoms with Gasteiger partial charge >= 0.3 is 0 Å². The topological polar surface area (TPSA) is 30.5 Å². The molecule has 1 unspecified atom stereocenters. The van der Waals surface area contributed by atoms with Gasteiger partial charge in [-0.2, -0.15) is 0 Å². The Bertz CT molecular complexity index is 247. The van der Waals surface area contributed by atoms with Gasteiger partial charge in [-0.05, 0) is 17.9 Å². The largest absolute Gasteiger partial charge is 0.355 e. The third kappa shape index (κ3) is 3.91. The quantitative estimate of drug-likeness (QED) is 0.728. The van der Waals surface area contributed by atoms with E-state index in [4.69, 9.17) is 9.47 Å². The molecule has 0 saturated heterocycles. The molecule has 0 radical (unpaired) electrons. The van der Waals surface area contributed by atoms with E-state index in [1.165, 1.54) is 4.88 Å². The van der Waals surface area contributed by atoms with Gasteiger partial charge in [-0.3, -0.25) is 0 Å². The van der Waals surface area contributed by atoms with Gasteiger partial charge in [0.05, 0.1) is 0 Å². The Morgan fingerprint density at radius 3 is 2.60 bits per heavy atom. The Balaban J connectivity index is 2.41. The lowest BCUT2D eigenvalue weighted by Gasteiger charge is -2.19. The van der Waals surface area contributed by atoms with Crippen LogP contribution in [0.15, 0.2) is 17.5 Å². The van der Waals surface area contributed by atoms with Gasteiger partial charge in [0.2, 0.25) is 0 Å². The molecule has 4 heteroatoms. The predicted octanol–water partition coefficient (Wildman–Crippen LogP) is 2.41. The zero-order valence-electron chi connectivity index (χ0n) is 9.53. The first kappa shape index (κ1) is 12.6. The molecule has 0 amide bonds. The number of methoxy groups -OCH3 is 2. The molecular weight excluding hydrogens is 210 g/mol. The Hall–Kier alpha value is -0.420. The van der Waals surface area contributed by atoms with Crippen LogP contribution in [-0.2, 0) is 9.47 Å². The third-order valence-corrected chi connectivity index (χ3v) is 3.34. The van der Waals surface area contributed by atoms with Gasteiger partial charge in [0.25, 0.3) is 0 Å². The van der Waals surface area contributed by atoms with Crippen LogP contribution < -0.4 is 5.32 Å². The van der Waals surface area contributed by atoms with E-state index < -0.39 is 0 Å². The van der Waals surface area contributed by atoms with Crippen LogP contribution in [0.5, 0.6) is 0 Å². The molecule has 0 aliphatic heterocycles. The highest BCUT2D eigenvalue weighted by Crippen LogP contribution is 2.21. The highest BCUT2D eigenvalue weighted by molar-refractivity contribution is 7.10. The molecule has 0 saturated carbocycles. The number of thiophene rings is 1. The maximum Gasteiger partial charge on any atom is 0.169 e. The molecule has 3 nitrogen and oxygen atoms in total. The summed E-state index contributed by atoms with van der Waals surface area (Å²) >= 11 is 1.78. The van der Waals surface area contributed by atoms with E-state index in [0.717, 1.165) is 6.42 Å². The normalized spacial score (nSPS) is 13.3. The maximum absolute atomic E-state index is 5.13. The summed E-state index contributed by atoms with van der Waals surface area (Å²) in [5.74, 6) is 0. The number of hydrogen-bond donors (Lipinski definition) is 1. The van der Waals surface area contributed by atoms with Crippen molar-refractivity contribution in [1.29, 1.82) is 0 Å². The van der Waals surface area contributed by atoms with E-state index >= 15 is 0 Å².